The minimum absolute atomic E-state index is 0.0464. The second-order valence-corrected chi connectivity index (χ2v) is 8.54. The van der Waals surface area contributed by atoms with Crippen LogP contribution in [0.4, 0.5) is 0 Å². The van der Waals surface area contributed by atoms with Crippen molar-refractivity contribution in [2.24, 2.45) is 5.10 Å². The topological polar surface area (TPSA) is 92.4 Å². The highest BCUT2D eigenvalue weighted by molar-refractivity contribution is 9.11. The molecule has 0 radical (unpaired) electrons. The van der Waals surface area contributed by atoms with Gasteiger partial charge in [-0.2, -0.15) is 5.10 Å². The van der Waals surface area contributed by atoms with Crippen molar-refractivity contribution in [2.75, 3.05) is 5.75 Å². The number of aromatic nitrogens is 3. The largest absolute Gasteiger partial charge is 0.506 e. The predicted octanol–water partition coefficient (Wildman–Crippen LogP) is 4.44. The van der Waals surface area contributed by atoms with Crippen LogP contribution in [0.1, 0.15) is 12.5 Å². The van der Waals surface area contributed by atoms with Crippen LogP contribution in [-0.4, -0.2) is 37.7 Å². The first-order chi connectivity index (χ1) is 14.0. The van der Waals surface area contributed by atoms with Gasteiger partial charge in [0.15, 0.2) is 11.0 Å². The standard InChI is InChI=1S/C19H17Br2N5O2S/c1-2-26-18(12-6-4-3-5-7-12)24-25-19(26)29-11-16(27)23-22-10-13-8-14(20)9-15(21)17(13)28/h3-10,28H,2,11H2,1H3,(H,23,27)/b22-10+. The zero-order valence-corrected chi connectivity index (χ0v) is 19.3. The second kappa shape index (κ2) is 10.0. The fourth-order valence-corrected chi connectivity index (χ4v) is 4.55. The van der Waals surface area contributed by atoms with Gasteiger partial charge in [-0.25, -0.2) is 5.43 Å². The number of phenolic OH excluding ortho intramolecular Hbond substituents is 1. The number of carbonyl (C=O) groups is 1. The summed E-state index contributed by atoms with van der Waals surface area (Å²) in [6, 6.07) is 13.2. The number of halogens is 2. The van der Waals surface area contributed by atoms with Gasteiger partial charge in [-0.3, -0.25) is 4.79 Å². The quantitative estimate of drug-likeness (QED) is 0.263. The number of carbonyl (C=O) groups excluding carboxylic acids is 1. The summed E-state index contributed by atoms with van der Waals surface area (Å²) in [5.74, 6) is 0.667. The lowest BCUT2D eigenvalue weighted by atomic mass is 10.2. The molecule has 1 amide bonds. The van der Waals surface area contributed by atoms with Gasteiger partial charge in [0.1, 0.15) is 5.75 Å². The van der Waals surface area contributed by atoms with Gasteiger partial charge in [-0.05, 0) is 35.0 Å². The van der Waals surface area contributed by atoms with E-state index in [4.69, 9.17) is 0 Å². The van der Waals surface area contributed by atoms with Gasteiger partial charge in [0.25, 0.3) is 5.91 Å². The van der Waals surface area contributed by atoms with Crippen LogP contribution in [0, 0.1) is 0 Å². The molecule has 1 aromatic heterocycles. The molecule has 3 rings (SSSR count). The number of hydrogen-bond acceptors (Lipinski definition) is 6. The molecule has 2 aromatic carbocycles. The van der Waals surface area contributed by atoms with E-state index in [9.17, 15) is 9.90 Å². The highest BCUT2D eigenvalue weighted by atomic mass is 79.9. The Hall–Kier alpha value is -2.17. The molecule has 0 aliphatic heterocycles. The van der Waals surface area contributed by atoms with E-state index in [1.807, 2.05) is 41.8 Å². The molecule has 7 nitrogen and oxygen atoms in total. The Morgan fingerprint density at radius 2 is 2.03 bits per heavy atom. The van der Waals surface area contributed by atoms with Crippen molar-refractivity contribution in [2.45, 2.75) is 18.6 Å². The normalized spacial score (nSPS) is 11.1. The van der Waals surface area contributed by atoms with Gasteiger partial charge in [0, 0.05) is 22.1 Å². The Balaban J connectivity index is 1.61. The molecule has 0 saturated heterocycles. The summed E-state index contributed by atoms with van der Waals surface area (Å²) in [6.07, 6.45) is 1.38. The minimum Gasteiger partial charge on any atom is -0.506 e. The smallest absolute Gasteiger partial charge is 0.250 e. The number of nitrogens with one attached hydrogen (secondary N) is 1. The molecular formula is C19H17Br2N5O2S. The maximum Gasteiger partial charge on any atom is 0.250 e. The lowest BCUT2D eigenvalue weighted by Gasteiger charge is -2.07. The lowest BCUT2D eigenvalue weighted by molar-refractivity contribution is -0.118. The molecule has 0 aliphatic carbocycles. The monoisotopic (exact) mass is 537 g/mol. The highest BCUT2D eigenvalue weighted by Crippen LogP contribution is 2.30. The van der Waals surface area contributed by atoms with Gasteiger partial charge in [-0.15, -0.1) is 10.2 Å². The Labute approximate surface area is 188 Å². The number of rotatable bonds is 7. The molecule has 1 heterocycles. The summed E-state index contributed by atoms with van der Waals surface area (Å²) in [5.41, 5.74) is 3.90. The predicted molar refractivity (Wildman–Crippen MR) is 121 cm³/mol. The third-order valence-electron chi connectivity index (χ3n) is 3.85. The molecule has 150 valence electrons. The molecule has 29 heavy (non-hydrogen) atoms. The van der Waals surface area contributed by atoms with Gasteiger partial charge < -0.3 is 9.67 Å². The molecular weight excluding hydrogens is 522 g/mol. The van der Waals surface area contributed by atoms with E-state index in [1.54, 1.807) is 12.1 Å². The maximum absolute atomic E-state index is 12.1. The molecule has 0 aliphatic rings. The van der Waals surface area contributed by atoms with Gasteiger partial charge >= 0.3 is 0 Å². The van der Waals surface area contributed by atoms with Crippen LogP contribution < -0.4 is 5.43 Å². The molecule has 0 spiro atoms. The summed E-state index contributed by atoms with van der Waals surface area (Å²) in [6.45, 7) is 2.70. The van der Waals surface area contributed by atoms with Gasteiger partial charge in [0.2, 0.25) is 0 Å². The van der Waals surface area contributed by atoms with Crippen LogP contribution >= 0.6 is 43.6 Å². The van der Waals surface area contributed by atoms with Crippen molar-refractivity contribution in [3.05, 3.63) is 57.0 Å². The number of amides is 1. The maximum atomic E-state index is 12.1. The molecule has 0 atom stereocenters. The first-order valence-corrected chi connectivity index (χ1v) is 11.2. The van der Waals surface area contributed by atoms with E-state index in [1.165, 1.54) is 18.0 Å². The van der Waals surface area contributed by atoms with Crippen LogP contribution in [0.5, 0.6) is 5.75 Å². The van der Waals surface area contributed by atoms with Crippen LogP contribution in [0.3, 0.4) is 0 Å². The SMILES string of the molecule is CCn1c(SCC(=O)N/N=C/c2cc(Br)cc(Br)c2O)nnc1-c1ccccc1. The highest BCUT2D eigenvalue weighted by Gasteiger charge is 2.14. The van der Waals surface area contributed by atoms with Crippen molar-refractivity contribution < 1.29 is 9.90 Å². The Morgan fingerprint density at radius 1 is 1.28 bits per heavy atom. The summed E-state index contributed by atoms with van der Waals surface area (Å²) >= 11 is 7.88. The number of nitrogens with zero attached hydrogens (tertiary/aromatic N) is 4. The number of thioether (sulfide) groups is 1. The van der Waals surface area contributed by atoms with Crippen molar-refractivity contribution >= 4 is 55.7 Å². The minimum atomic E-state index is -0.285. The van der Waals surface area contributed by atoms with Gasteiger partial charge in [0.05, 0.1) is 16.4 Å². The number of benzene rings is 2. The molecule has 0 fully saturated rings. The average Bonchev–Trinajstić information content (AvgIpc) is 3.13. The van der Waals surface area contributed by atoms with Crippen molar-refractivity contribution in [1.29, 1.82) is 0 Å². The Morgan fingerprint density at radius 3 is 2.76 bits per heavy atom. The molecule has 0 unspecified atom stereocenters. The average molecular weight is 539 g/mol. The first kappa shape index (κ1) is 21.5. The summed E-state index contributed by atoms with van der Waals surface area (Å²) in [5, 5.41) is 23.0. The second-order valence-electron chi connectivity index (χ2n) is 5.82. The number of hydrogen-bond donors (Lipinski definition) is 2. The number of phenols is 1. The van der Waals surface area contributed by atoms with E-state index < -0.39 is 0 Å². The summed E-state index contributed by atoms with van der Waals surface area (Å²) in [4.78, 5) is 12.1. The summed E-state index contributed by atoms with van der Waals surface area (Å²) in [7, 11) is 0. The molecule has 0 saturated carbocycles. The van der Waals surface area contributed by atoms with Crippen molar-refractivity contribution in [3.8, 4) is 17.1 Å². The van der Waals surface area contributed by atoms with Gasteiger partial charge in [-0.1, -0.05) is 58.0 Å². The number of hydrazone groups is 1. The molecule has 0 bridgehead atoms. The third kappa shape index (κ3) is 5.46. The van der Waals surface area contributed by atoms with E-state index >= 15 is 0 Å². The van der Waals surface area contributed by atoms with E-state index in [0.29, 0.717) is 21.7 Å². The first-order valence-electron chi connectivity index (χ1n) is 8.61. The van der Waals surface area contributed by atoms with Crippen molar-refractivity contribution in [1.82, 2.24) is 20.2 Å². The summed E-state index contributed by atoms with van der Waals surface area (Å²) < 4.78 is 3.27. The van der Waals surface area contributed by atoms with E-state index in [0.717, 1.165) is 15.9 Å². The van der Waals surface area contributed by atoms with Crippen LogP contribution in [0.25, 0.3) is 11.4 Å². The Bertz CT molecular complexity index is 1040. The van der Waals surface area contributed by atoms with Crippen molar-refractivity contribution in [3.63, 3.8) is 0 Å². The number of aromatic hydroxyl groups is 1. The zero-order valence-electron chi connectivity index (χ0n) is 15.3. The van der Waals surface area contributed by atoms with Crippen LogP contribution in [0.15, 0.2) is 61.7 Å². The molecule has 10 heteroatoms. The lowest BCUT2D eigenvalue weighted by Crippen LogP contribution is -2.20. The van der Waals surface area contributed by atoms with Crippen LogP contribution in [0.2, 0.25) is 0 Å². The third-order valence-corrected chi connectivity index (χ3v) is 5.88. The molecule has 3 aromatic rings. The van der Waals surface area contributed by atoms with E-state index in [2.05, 4.69) is 52.6 Å². The molecule has 2 N–H and O–H groups in total. The van der Waals surface area contributed by atoms with E-state index in [-0.39, 0.29) is 17.4 Å². The Kier molecular flexibility index (Phi) is 7.45. The fourth-order valence-electron chi connectivity index (χ4n) is 2.50. The zero-order chi connectivity index (χ0) is 20.8. The van der Waals surface area contributed by atoms with Crippen LogP contribution in [-0.2, 0) is 11.3 Å². The fraction of sp³-hybridized carbons (Fsp3) is 0.158.